The summed E-state index contributed by atoms with van der Waals surface area (Å²) >= 11 is 5.80. The second-order valence-electron chi connectivity index (χ2n) is 4.17. The van der Waals surface area contributed by atoms with E-state index in [1.807, 2.05) is 0 Å². The SMILES string of the molecule is CCNC(=O)Cc1cn2cc(C(F)(F)F)cc(Cl)c2n1. The number of likely N-dealkylation sites (N-methyl/N-ethyl adjacent to an activating group) is 1. The van der Waals surface area contributed by atoms with Crippen molar-refractivity contribution in [2.24, 2.45) is 0 Å². The third kappa shape index (κ3) is 3.04. The monoisotopic (exact) mass is 305 g/mol. The molecular weight excluding hydrogens is 295 g/mol. The van der Waals surface area contributed by atoms with Gasteiger partial charge in [-0.2, -0.15) is 13.2 Å². The Morgan fingerprint density at radius 1 is 1.45 bits per heavy atom. The summed E-state index contributed by atoms with van der Waals surface area (Å²) in [6.45, 7) is 2.25. The van der Waals surface area contributed by atoms with E-state index in [9.17, 15) is 18.0 Å². The molecule has 2 aromatic heterocycles. The number of carbonyl (C=O) groups is 1. The van der Waals surface area contributed by atoms with Crippen molar-refractivity contribution in [2.75, 3.05) is 6.54 Å². The Morgan fingerprint density at radius 2 is 2.15 bits per heavy atom. The van der Waals surface area contributed by atoms with Gasteiger partial charge in [0.15, 0.2) is 5.65 Å². The normalized spacial score (nSPS) is 11.8. The molecule has 0 saturated heterocycles. The van der Waals surface area contributed by atoms with Crippen LogP contribution < -0.4 is 5.32 Å². The molecule has 20 heavy (non-hydrogen) atoms. The van der Waals surface area contributed by atoms with E-state index in [-0.39, 0.29) is 23.0 Å². The fraction of sp³-hybridized carbons (Fsp3) is 0.333. The van der Waals surface area contributed by atoms with Gasteiger partial charge in [0, 0.05) is 18.9 Å². The van der Waals surface area contributed by atoms with Crippen molar-refractivity contribution in [1.82, 2.24) is 14.7 Å². The third-order valence-electron chi connectivity index (χ3n) is 2.60. The first kappa shape index (κ1) is 14.6. The molecule has 0 radical (unpaired) electrons. The molecule has 0 bridgehead atoms. The highest BCUT2D eigenvalue weighted by atomic mass is 35.5. The van der Waals surface area contributed by atoms with Crippen molar-refractivity contribution >= 4 is 23.2 Å². The number of hydrogen-bond donors (Lipinski definition) is 1. The molecule has 4 nitrogen and oxygen atoms in total. The Balaban J connectivity index is 2.39. The van der Waals surface area contributed by atoms with Crippen molar-refractivity contribution < 1.29 is 18.0 Å². The lowest BCUT2D eigenvalue weighted by molar-refractivity contribution is -0.137. The molecule has 0 spiro atoms. The van der Waals surface area contributed by atoms with Crippen LogP contribution >= 0.6 is 11.6 Å². The molecule has 0 saturated carbocycles. The average molecular weight is 306 g/mol. The second-order valence-corrected chi connectivity index (χ2v) is 4.58. The Hall–Kier alpha value is -1.76. The number of aromatic nitrogens is 2. The second kappa shape index (κ2) is 5.32. The summed E-state index contributed by atoms with van der Waals surface area (Å²) in [5, 5.41) is 2.48. The minimum Gasteiger partial charge on any atom is -0.356 e. The first-order valence-corrected chi connectivity index (χ1v) is 6.20. The summed E-state index contributed by atoms with van der Waals surface area (Å²) in [5.41, 5.74) is -0.312. The Kier molecular flexibility index (Phi) is 3.89. The number of pyridine rings is 1. The minimum absolute atomic E-state index is 0.00675. The van der Waals surface area contributed by atoms with Crippen LogP contribution in [-0.4, -0.2) is 21.8 Å². The van der Waals surface area contributed by atoms with E-state index < -0.39 is 11.7 Å². The molecule has 0 unspecified atom stereocenters. The van der Waals surface area contributed by atoms with Crippen LogP contribution in [0, 0.1) is 0 Å². The molecule has 0 aliphatic carbocycles. The van der Waals surface area contributed by atoms with E-state index in [4.69, 9.17) is 11.6 Å². The molecule has 2 heterocycles. The Morgan fingerprint density at radius 3 is 2.75 bits per heavy atom. The maximum atomic E-state index is 12.7. The molecule has 2 rings (SSSR count). The standard InChI is InChI=1S/C12H11ClF3N3O/c1-2-17-10(20)4-8-6-19-5-7(12(14,15)16)3-9(13)11(19)18-8/h3,5-6H,2,4H2,1H3,(H,17,20). The van der Waals surface area contributed by atoms with Gasteiger partial charge >= 0.3 is 6.18 Å². The predicted molar refractivity (Wildman–Crippen MR) is 67.6 cm³/mol. The summed E-state index contributed by atoms with van der Waals surface area (Å²) in [4.78, 5) is 15.5. The highest BCUT2D eigenvalue weighted by molar-refractivity contribution is 6.33. The number of carbonyl (C=O) groups excluding carboxylic acids is 1. The van der Waals surface area contributed by atoms with E-state index >= 15 is 0 Å². The van der Waals surface area contributed by atoms with Gasteiger partial charge in [0.25, 0.3) is 0 Å². The lowest BCUT2D eigenvalue weighted by Gasteiger charge is -2.07. The van der Waals surface area contributed by atoms with Gasteiger partial charge < -0.3 is 9.72 Å². The van der Waals surface area contributed by atoms with Gasteiger partial charge in [0.1, 0.15) is 0 Å². The largest absolute Gasteiger partial charge is 0.417 e. The first-order valence-electron chi connectivity index (χ1n) is 5.82. The lowest BCUT2D eigenvalue weighted by Crippen LogP contribution is -2.24. The molecule has 0 aliphatic rings. The fourth-order valence-electron chi connectivity index (χ4n) is 1.77. The zero-order valence-electron chi connectivity index (χ0n) is 10.5. The van der Waals surface area contributed by atoms with Gasteiger partial charge in [-0.05, 0) is 13.0 Å². The molecule has 1 N–H and O–H groups in total. The quantitative estimate of drug-likeness (QED) is 0.947. The molecule has 2 aromatic rings. The number of halogens is 4. The molecule has 0 atom stereocenters. The summed E-state index contributed by atoms with van der Waals surface area (Å²) in [7, 11) is 0. The maximum absolute atomic E-state index is 12.7. The van der Waals surface area contributed by atoms with Crippen LogP contribution in [0.25, 0.3) is 5.65 Å². The number of hydrogen-bond acceptors (Lipinski definition) is 2. The summed E-state index contributed by atoms with van der Waals surface area (Å²) in [6.07, 6.45) is -2.23. The van der Waals surface area contributed by atoms with Crippen LogP contribution in [0.15, 0.2) is 18.5 Å². The molecule has 0 aliphatic heterocycles. The maximum Gasteiger partial charge on any atom is 0.417 e. The van der Waals surface area contributed by atoms with Crippen molar-refractivity contribution in [3.05, 3.63) is 34.7 Å². The summed E-state index contributed by atoms with van der Waals surface area (Å²) in [6, 6.07) is 0.819. The van der Waals surface area contributed by atoms with Crippen LogP contribution in [0.4, 0.5) is 13.2 Å². The average Bonchev–Trinajstić information content (AvgIpc) is 2.71. The van der Waals surface area contributed by atoms with Crippen molar-refractivity contribution in [3.63, 3.8) is 0 Å². The molecule has 108 valence electrons. The number of fused-ring (bicyclic) bond motifs is 1. The third-order valence-corrected chi connectivity index (χ3v) is 2.88. The highest BCUT2D eigenvalue weighted by Crippen LogP contribution is 2.32. The molecule has 0 aromatic carbocycles. The van der Waals surface area contributed by atoms with E-state index in [0.29, 0.717) is 12.2 Å². The van der Waals surface area contributed by atoms with Gasteiger partial charge in [-0.1, -0.05) is 11.6 Å². The highest BCUT2D eigenvalue weighted by Gasteiger charge is 2.31. The van der Waals surface area contributed by atoms with Crippen LogP contribution in [0.2, 0.25) is 5.02 Å². The van der Waals surface area contributed by atoms with Crippen molar-refractivity contribution in [3.8, 4) is 0 Å². The lowest BCUT2D eigenvalue weighted by atomic mass is 10.3. The first-order chi connectivity index (χ1) is 9.31. The van der Waals surface area contributed by atoms with Crippen LogP contribution in [0.1, 0.15) is 18.2 Å². The zero-order chi connectivity index (χ0) is 14.9. The number of alkyl halides is 3. The number of imidazole rings is 1. The van der Waals surface area contributed by atoms with Crippen LogP contribution in [0.3, 0.4) is 0 Å². The molecular formula is C12H11ClF3N3O. The van der Waals surface area contributed by atoms with E-state index in [1.165, 1.54) is 10.6 Å². The summed E-state index contributed by atoms with van der Waals surface area (Å²) < 4.78 is 39.2. The van der Waals surface area contributed by atoms with Crippen molar-refractivity contribution in [2.45, 2.75) is 19.5 Å². The van der Waals surface area contributed by atoms with Gasteiger partial charge in [0.05, 0.1) is 22.7 Å². The van der Waals surface area contributed by atoms with Gasteiger partial charge in [-0.15, -0.1) is 0 Å². The summed E-state index contributed by atoms with van der Waals surface area (Å²) in [5.74, 6) is -0.247. The van der Waals surface area contributed by atoms with Crippen LogP contribution in [0.5, 0.6) is 0 Å². The molecule has 0 fully saturated rings. The topological polar surface area (TPSA) is 46.4 Å². The molecule has 1 amide bonds. The minimum atomic E-state index is -4.48. The van der Waals surface area contributed by atoms with E-state index in [2.05, 4.69) is 10.3 Å². The number of nitrogens with one attached hydrogen (secondary N) is 1. The number of nitrogens with zero attached hydrogens (tertiary/aromatic N) is 2. The number of amides is 1. The van der Waals surface area contributed by atoms with E-state index in [1.54, 1.807) is 6.92 Å². The van der Waals surface area contributed by atoms with Crippen LogP contribution in [-0.2, 0) is 17.4 Å². The van der Waals surface area contributed by atoms with Gasteiger partial charge in [-0.3, -0.25) is 4.79 Å². The van der Waals surface area contributed by atoms with Crippen molar-refractivity contribution in [1.29, 1.82) is 0 Å². The Labute approximate surface area is 117 Å². The van der Waals surface area contributed by atoms with Gasteiger partial charge in [0.2, 0.25) is 5.91 Å². The van der Waals surface area contributed by atoms with Gasteiger partial charge in [-0.25, -0.2) is 4.98 Å². The van der Waals surface area contributed by atoms with E-state index in [0.717, 1.165) is 12.3 Å². The predicted octanol–water partition coefficient (Wildman–Crippen LogP) is 2.69. The Bertz CT molecular complexity index is 651. The molecule has 8 heteroatoms. The fourth-order valence-corrected chi connectivity index (χ4v) is 2.03. The smallest absolute Gasteiger partial charge is 0.356 e. The number of rotatable bonds is 3. The zero-order valence-corrected chi connectivity index (χ0v) is 11.2.